The van der Waals surface area contributed by atoms with Crippen LogP contribution in [0.3, 0.4) is 0 Å². The molecule has 1 spiro atoms. The van der Waals surface area contributed by atoms with Crippen molar-refractivity contribution < 1.29 is 34.1 Å². The van der Waals surface area contributed by atoms with Crippen LogP contribution in [-0.4, -0.2) is 57.8 Å². The van der Waals surface area contributed by atoms with E-state index in [9.17, 15) is 24.6 Å². The van der Waals surface area contributed by atoms with Crippen LogP contribution in [0.5, 0.6) is 11.5 Å². The number of carboxylic acid groups (broad SMARTS) is 2. The molecule has 1 unspecified atom stereocenters. The number of aliphatic carboxylic acids is 2. The number of benzene rings is 3. The van der Waals surface area contributed by atoms with Gasteiger partial charge in [-0.1, -0.05) is 67.9 Å². The fraction of sp³-hybridized carbons (Fsp3) is 0.469. The van der Waals surface area contributed by atoms with E-state index < -0.39 is 23.5 Å². The predicted molar refractivity (Wildman–Crippen MR) is 233 cm³/mol. The molecule has 3 aliphatic carbocycles. The number of carbonyl (C=O) groups is 3. The first-order valence-electron chi connectivity index (χ1n) is 21.6. The Kier molecular flexibility index (Phi) is 13.7. The maximum atomic E-state index is 13.1. The number of carbonyl (C=O) groups excluding carboxylic acids is 1. The lowest BCUT2D eigenvalue weighted by molar-refractivity contribution is -0.144. The van der Waals surface area contributed by atoms with E-state index in [4.69, 9.17) is 21.1 Å². The van der Waals surface area contributed by atoms with Crippen LogP contribution in [-0.2, 0) is 39.1 Å². The average Bonchev–Trinajstić information content (AvgIpc) is 3.52. The number of amides is 1. The molecule has 11 heteroatoms. The first-order chi connectivity index (χ1) is 28.9. The number of pyridine rings is 1. The summed E-state index contributed by atoms with van der Waals surface area (Å²) in [4.78, 5) is 42.4. The number of ether oxygens (including phenoxy) is 2. The number of hydrogen-bond donors (Lipinski definition) is 4. The lowest BCUT2D eigenvalue weighted by Crippen LogP contribution is -2.53. The third-order valence-electron chi connectivity index (χ3n) is 13.3. The summed E-state index contributed by atoms with van der Waals surface area (Å²) < 4.78 is 12.8. The van der Waals surface area contributed by atoms with Crippen molar-refractivity contribution in [2.75, 3.05) is 18.5 Å². The van der Waals surface area contributed by atoms with Gasteiger partial charge >= 0.3 is 11.9 Å². The van der Waals surface area contributed by atoms with Gasteiger partial charge in [0.1, 0.15) is 23.1 Å². The third-order valence-corrected chi connectivity index (χ3v) is 13.5. The Bertz CT molecular complexity index is 2140. The van der Waals surface area contributed by atoms with Crippen LogP contribution in [0.25, 0.3) is 0 Å². The molecular formula is C49H58ClN3O7. The van der Waals surface area contributed by atoms with Gasteiger partial charge in [-0.15, -0.1) is 0 Å². The van der Waals surface area contributed by atoms with E-state index in [-0.39, 0.29) is 29.6 Å². The highest BCUT2D eigenvalue weighted by Gasteiger charge is 2.54. The lowest BCUT2D eigenvalue weighted by atomic mass is 9.59. The molecular weight excluding hydrogens is 778 g/mol. The van der Waals surface area contributed by atoms with E-state index >= 15 is 0 Å². The summed E-state index contributed by atoms with van der Waals surface area (Å²) in [6.07, 6.45) is 10.6. The molecule has 1 amide bonds. The van der Waals surface area contributed by atoms with Crippen LogP contribution in [0.15, 0.2) is 85.1 Å². The van der Waals surface area contributed by atoms with Crippen molar-refractivity contribution in [2.45, 2.75) is 120 Å². The maximum absolute atomic E-state index is 13.1. The van der Waals surface area contributed by atoms with E-state index in [1.54, 1.807) is 12.1 Å². The number of rotatable bonds is 18. The van der Waals surface area contributed by atoms with Gasteiger partial charge in [-0.25, -0.2) is 9.59 Å². The number of aryl methyl sites for hydroxylation is 2. The number of halogens is 1. The monoisotopic (exact) mass is 835 g/mol. The van der Waals surface area contributed by atoms with Crippen LogP contribution >= 0.6 is 11.6 Å². The van der Waals surface area contributed by atoms with Gasteiger partial charge in [0.2, 0.25) is 5.91 Å². The molecule has 1 aromatic heterocycles. The molecule has 1 fully saturated rings. The molecule has 4 atom stereocenters. The second kappa shape index (κ2) is 19.1. The van der Waals surface area contributed by atoms with Crippen LogP contribution < -0.4 is 20.1 Å². The molecule has 0 aliphatic heterocycles. The van der Waals surface area contributed by atoms with Crippen molar-refractivity contribution in [1.29, 1.82) is 0 Å². The maximum Gasteiger partial charge on any atom is 0.329 e. The molecule has 0 saturated heterocycles. The number of carboxylic acids is 2. The molecule has 318 valence electrons. The SMILES string of the molecule is C[C@@H](COc1ccnc2c1[C@H](C)CCC2)CC1Cc2ccc(OCCCC(=O)N[C@H](CCc3ccccc3)C(=O)O)cc2C12CCC(Nc1cccc(Cl)c1)(C(=O)O)CC2. The van der Waals surface area contributed by atoms with Crippen LogP contribution in [0.4, 0.5) is 5.69 Å². The van der Waals surface area contributed by atoms with Gasteiger partial charge in [0, 0.05) is 34.6 Å². The number of anilines is 1. The summed E-state index contributed by atoms with van der Waals surface area (Å²) >= 11 is 6.30. The molecule has 1 saturated carbocycles. The molecule has 10 nitrogen and oxygen atoms in total. The number of nitrogens with zero attached hydrogens (tertiary/aromatic N) is 1. The largest absolute Gasteiger partial charge is 0.494 e. The first-order valence-corrected chi connectivity index (χ1v) is 22.0. The van der Waals surface area contributed by atoms with Crippen molar-refractivity contribution >= 4 is 35.1 Å². The summed E-state index contributed by atoms with van der Waals surface area (Å²) in [5, 5.41) is 27.0. The first kappa shape index (κ1) is 43.0. The third kappa shape index (κ3) is 9.92. The minimum Gasteiger partial charge on any atom is -0.494 e. The second-order valence-electron chi connectivity index (χ2n) is 17.4. The molecule has 3 aromatic carbocycles. The molecule has 0 radical (unpaired) electrons. The van der Waals surface area contributed by atoms with Gasteiger partial charge < -0.3 is 30.3 Å². The van der Waals surface area contributed by atoms with E-state index in [1.165, 1.54) is 16.7 Å². The van der Waals surface area contributed by atoms with E-state index in [1.807, 2.05) is 60.8 Å². The molecule has 4 aromatic rings. The predicted octanol–water partition coefficient (Wildman–Crippen LogP) is 9.56. The fourth-order valence-corrected chi connectivity index (χ4v) is 10.3. The minimum absolute atomic E-state index is 0.143. The molecule has 7 rings (SSSR count). The number of hydrogen-bond acceptors (Lipinski definition) is 7. The van der Waals surface area contributed by atoms with Gasteiger partial charge in [-0.05, 0) is 153 Å². The molecule has 3 aliphatic rings. The van der Waals surface area contributed by atoms with E-state index in [0.29, 0.717) is 80.5 Å². The van der Waals surface area contributed by atoms with E-state index in [2.05, 4.69) is 41.6 Å². The summed E-state index contributed by atoms with van der Waals surface area (Å²) in [6.45, 7) is 5.40. The molecule has 0 bridgehead atoms. The van der Waals surface area contributed by atoms with Crippen LogP contribution in [0.1, 0.15) is 112 Å². The topological polar surface area (TPSA) is 147 Å². The Morgan fingerprint density at radius 2 is 1.77 bits per heavy atom. The van der Waals surface area contributed by atoms with Gasteiger partial charge in [-0.3, -0.25) is 9.78 Å². The average molecular weight is 836 g/mol. The zero-order valence-electron chi connectivity index (χ0n) is 34.8. The zero-order valence-corrected chi connectivity index (χ0v) is 35.5. The molecule has 4 N–H and O–H groups in total. The Morgan fingerprint density at radius 3 is 2.52 bits per heavy atom. The summed E-state index contributed by atoms with van der Waals surface area (Å²) in [5.41, 5.74) is 5.21. The number of nitrogens with one attached hydrogen (secondary N) is 2. The van der Waals surface area contributed by atoms with Gasteiger partial charge in [-0.2, -0.15) is 0 Å². The Morgan fingerprint density at radius 1 is 0.967 bits per heavy atom. The number of fused-ring (bicyclic) bond motifs is 3. The normalized spacial score (nSPS) is 22.9. The fourth-order valence-electron chi connectivity index (χ4n) is 10.1. The minimum atomic E-state index is -1.13. The zero-order chi connectivity index (χ0) is 42.3. The van der Waals surface area contributed by atoms with Crippen molar-refractivity contribution in [2.24, 2.45) is 11.8 Å². The standard InChI is InChI=1S/C49H58ClN3O7/c1-32(31-60-43-20-25-51-41-14-6-9-33(2)45(41)43)27-36-28-35-17-18-39(59-26-8-15-44(54)52-42(46(55)56)19-16-34-10-4-3-5-11-34)30-40(35)48(36)21-23-49(24-22-48,47(57)58)53-38-13-7-12-37(50)29-38/h3-5,7,10-13,17-18,20,25,29-30,32-33,36,42,53H,6,8-9,14-16,19,21-24,26-28,31H2,1-2H3,(H,52,54)(H,55,56)(H,57,58)/t32-,33-,36?,42-,48?,49?/m1/s1. The second-order valence-corrected chi connectivity index (χ2v) is 17.9. The van der Waals surface area contributed by atoms with E-state index in [0.717, 1.165) is 49.1 Å². The van der Waals surface area contributed by atoms with Crippen molar-refractivity contribution in [1.82, 2.24) is 10.3 Å². The highest BCUT2D eigenvalue weighted by atomic mass is 35.5. The summed E-state index contributed by atoms with van der Waals surface area (Å²) in [6, 6.07) is 24.2. The van der Waals surface area contributed by atoms with Gasteiger partial charge in [0.15, 0.2) is 0 Å². The summed E-state index contributed by atoms with van der Waals surface area (Å²) in [5.74, 6) is 0.374. The van der Waals surface area contributed by atoms with Crippen molar-refractivity contribution in [3.05, 3.63) is 118 Å². The highest BCUT2D eigenvalue weighted by Crippen LogP contribution is 2.57. The summed E-state index contributed by atoms with van der Waals surface area (Å²) in [7, 11) is 0. The highest BCUT2D eigenvalue weighted by molar-refractivity contribution is 6.30. The van der Waals surface area contributed by atoms with Crippen molar-refractivity contribution in [3.63, 3.8) is 0 Å². The van der Waals surface area contributed by atoms with Gasteiger partial charge in [0.25, 0.3) is 0 Å². The van der Waals surface area contributed by atoms with Crippen LogP contribution in [0.2, 0.25) is 5.02 Å². The van der Waals surface area contributed by atoms with Gasteiger partial charge in [0.05, 0.1) is 13.2 Å². The van der Waals surface area contributed by atoms with Crippen LogP contribution in [0, 0.1) is 11.8 Å². The quantitative estimate of drug-likeness (QED) is 0.0720. The molecule has 60 heavy (non-hydrogen) atoms. The Labute approximate surface area is 358 Å². The van der Waals surface area contributed by atoms with Crippen molar-refractivity contribution in [3.8, 4) is 11.5 Å². The Balaban J connectivity index is 1.03. The number of aromatic nitrogens is 1. The molecule has 1 heterocycles. The Hall–Kier alpha value is -5.09. The smallest absolute Gasteiger partial charge is 0.329 e. The lowest BCUT2D eigenvalue weighted by Gasteiger charge is -2.47.